The van der Waals surface area contributed by atoms with Gasteiger partial charge in [0.15, 0.2) is 6.10 Å². The van der Waals surface area contributed by atoms with E-state index >= 15 is 0 Å². The molecule has 0 radical (unpaired) electrons. The summed E-state index contributed by atoms with van der Waals surface area (Å²) in [7, 11) is 0. The van der Waals surface area contributed by atoms with Gasteiger partial charge in [-0.05, 0) is 94.2 Å². The fourth-order valence-corrected chi connectivity index (χ4v) is 8.69. The van der Waals surface area contributed by atoms with E-state index in [0.717, 1.165) is 76.2 Å². The van der Waals surface area contributed by atoms with Gasteiger partial charge in [0.2, 0.25) is 11.8 Å². The summed E-state index contributed by atoms with van der Waals surface area (Å²) in [5.74, 6) is -1.26. The van der Waals surface area contributed by atoms with Crippen LogP contribution in [0.3, 0.4) is 0 Å². The molecule has 0 aromatic heterocycles. The van der Waals surface area contributed by atoms with Gasteiger partial charge in [-0.1, -0.05) is 55.8 Å². The monoisotopic (exact) mass is 700 g/mol. The minimum atomic E-state index is -1.54. The van der Waals surface area contributed by atoms with Crippen molar-refractivity contribution in [2.24, 2.45) is 17.8 Å². The van der Waals surface area contributed by atoms with Crippen molar-refractivity contribution in [1.82, 2.24) is 21.3 Å². The minimum Gasteiger partial charge on any atom is -0.446 e. The number of amides is 4. The summed E-state index contributed by atoms with van der Waals surface area (Å²) in [6.45, 7) is 1.12. The molecule has 5 N–H and O–H groups in total. The largest absolute Gasteiger partial charge is 0.446 e. The van der Waals surface area contributed by atoms with Crippen molar-refractivity contribution in [3.05, 3.63) is 34.9 Å². The molecule has 2 heterocycles. The highest BCUT2D eigenvalue weighted by Crippen LogP contribution is 2.37. The van der Waals surface area contributed by atoms with E-state index in [0.29, 0.717) is 43.9 Å². The topological polar surface area (TPSA) is 155 Å². The molecule has 49 heavy (non-hydrogen) atoms. The van der Waals surface area contributed by atoms with Crippen LogP contribution in [0.2, 0.25) is 5.02 Å². The smallest absolute Gasteiger partial charge is 0.408 e. The lowest BCUT2D eigenvalue weighted by Crippen LogP contribution is -2.57. The van der Waals surface area contributed by atoms with Gasteiger partial charge in [0, 0.05) is 41.7 Å². The van der Waals surface area contributed by atoms with Crippen LogP contribution in [0.25, 0.3) is 0 Å². The van der Waals surface area contributed by atoms with E-state index in [2.05, 4.69) is 21.3 Å². The molecular weight excluding hydrogens is 648 g/mol. The number of aliphatic hydroxyl groups is 1. The molecule has 6 rings (SSSR count). The molecule has 3 aliphatic carbocycles. The molecule has 0 bridgehead atoms. The quantitative estimate of drug-likeness (QED) is 0.205. The van der Waals surface area contributed by atoms with Gasteiger partial charge in [0.1, 0.15) is 12.1 Å². The highest BCUT2D eigenvalue weighted by Gasteiger charge is 2.47. The van der Waals surface area contributed by atoms with Crippen LogP contribution in [0.1, 0.15) is 102 Å². The zero-order valence-electron chi connectivity index (χ0n) is 28.4. The molecule has 4 amide bonds. The third kappa shape index (κ3) is 9.88. The summed E-state index contributed by atoms with van der Waals surface area (Å²) in [5.41, 5.74) is 0.729. The Morgan fingerprint density at radius 3 is 2.49 bits per heavy atom. The second-order valence-corrected chi connectivity index (χ2v) is 15.7. The van der Waals surface area contributed by atoms with E-state index in [1.54, 1.807) is 0 Å². The van der Waals surface area contributed by atoms with Crippen LogP contribution in [-0.4, -0.2) is 78.0 Å². The van der Waals surface area contributed by atoms with Gasteiger partial charge in [-0.15, -0.1) is 0 Å². The highest BCUT2D eigenvalue weighted by atomic mass is 35.5. The zero-order valence-corrected chi connectivity index (χ0v) is 29.2. The Morgan fingerprint density at radius 2 is 1.76 bits per heavy atom. The number of alkyl carbamates (subject to hydrolysis) is 1. The van der Waals surface area contributed by atoms with Gasteiger partial charge in [-0.3, -0.25) is 14.4 Å². The predicted octanol–water partition coefficient (Wildman–Crippen LogP) is 4.32. The average Bonchev–Trinajstić information content (AvgIpc) is 3.72. The number of carbonyl (C=O) groups excluding carboxylic acids is 4. The lowest BCUT2D eigenvalue weighted by molar-refractivity contribution is -0.134. The first-order valence-corrected chi connectivity index (χ1v) is 18.9. The SMILES string of the molecule is O=C(N[C@@H](CC1CCCCC1)C(=O)NC(CC1CC2(CCOCC2)NC1=O)C(O)C(=O)NC1CC1)OC1CCCC1Cc1cccc(Cl)c1. The van der Waals surface area contributed by atoms with E-state index in [1.807, 2.05) is 24.3 Å². The maximum Gasteiger partial charge on any atom is 0.408 e. The van der Waals surface area contributed by atoms with Gasteiger partial charge in [-0.2, -0.15) is 0 Å². The molecule has 5 fully saturated rings. The lowest BCUT2D eigenvalue weighted by atomic mass is 9.83. The zero-order chi connectivity index (χ0) is 34.4. The molecule has 1 spiro atoms. The van der Waals surface area contributed by atoms with E-state index < -0.39 is 42.0 Å². The number of nitrogens with one attached hydrogen (secondary N) is 4. The summed E-state index contributed by atoms with van der Waals surface area (Å²) in [6, 6.07) is 5.83. The van der Waals surface area contributed by atoms with Crippen LogP contribution in [-0.2, 0) is 30.3 Å². The van der Waals surface area contributed by atoms with Gasteiger partial charge in [0.05, 0.1) is 6.04 Å². The predicted molar refractivity (Wildman–Crippen MR) is 184 cm³/mol. The number of carbonyl (C=O) groups is 4. The van der Waals surface area contributed by atoms with E-state index in [9.17, 15) is 24.3 Å². The molecule has 6 atom stereocenters. The van der Waals surface area contributed by atoms with Crippen molar-refractivity contribution >= 4 is 35.4 Å². The van der Waals surface area contributed by atoms with Crippen LogP contribution in [0, 0.1) is 17.8 Å². The Hall–Kier alpha value is -2.89. The fourth-order valence-electron chi connectivity index (χ4n) is 8.47. The van der Waals surface area contributed by atoms with Crippen molar-refractivity contribution in [2.45, 2.75) is 139 Å². The molecule has 5 aliphatic rings. The first-order chi connectivity index (χ1) is 23.7. The molecular formula is C37H53ClN4O7. The number of halogens is 1. The summed E-state index contributed by atoms with van der Waals surface area (Å²) < 4.78 is 11.5. The molecule has 12 heteroatoms. The van der Waals surface area contributed by atoms with Crippen LogP contribution in [0.5, 0.6) is 0 Å². The number of aliphatic hydroxyl groups excluding tert-OH is 1. The number of hydrogen-bond donors (Lipinski definition) is 5. The summed E-state index contributed by atoms with van der Waals surface area (Å²) >= 11 is 6.21. The number of ether oxygens (including phenoxy) is 2. The van der Waals surface area contributed by atoms with Crippen LogP contribution in [0.4, 0.5) is 4.79 Å². The molecule has 11 nitrogen and oxygen atoms in total. The lowest BCUT2D eigenvalue weighted by Gasteiger charge is -2.33. The summed E-state index contributed by atoms with van der Waals surface area (Å²) in [4.78, 5) is 53.8. The van der Waals surface area contributed by atoms with Crippen LogP contribution < -0.4 is 21.3 Å². The Bertz CT molecular complexity index is 1330. The van der Waals surface area contributed by atoms with E-state index in [-0.39, 0.29) is 41.8 Å². The first kappa shape index (κ1) is 35.9. The van der Waals surface area contributed by atoms with Gasteiger partial charge >= 0.3 is 6.09 Å². The van der Waals surface area contributed by atoms with Crippen molar-refractivity contribution in [3.8, 4) is 0 Å². The Morgan fingerprint density at radius 1 is 0.980 bits per heavy atom. The fraction of sp³-hybridized carbons (Fsp3) is 0.730. The van der Waals surface area contributed by atoms with Gasteiger partial charge in [-0.25, -0.2) is 4.79 Å². The molecule has 2 aliphatic heterocycles. The van der Waals surface area contributed by atoms with Crippen LogP contribution in [0.15, 0.2) is 24.3 Å². The Labute approximate surface area is 294 Å². The first-order valence-electron chi connectivity index (χ1n) is 18.6. The molecule has 2 saturated heterocycles. The average molecular weight is 701 g/mol. The summed E-state index contributed by atoms with van der Waals surface area (Å²) in [5, 5.41) is 23.8. The highest BCUT2D eigenvalue weighted by molar-refractivity contribution is 6.30. The molecule has 5 unspecified atom stereocenters. The van der Waals surface area contributed by atoms with E-state index in [4.69, 9.17) is 21.1 Å². The maximum absolute atomic E-state index is 14.1. The minimum absolute atomic E-state index is 0.0209. The molecule has 1 aromatic rings. The number of rotatable bonds is 13. The van der Waals surface area contributed by atoms with Crippen molar-refractivity contribution in [3.63, 3.8) is 0 Å². The van der Waals surface area contributed by atoms with Crippen LogP contribution >= 0.6 is 11.6 Å². The Balaban J connectivity index is 1.13. The standard InChI is InChI=1S/C37H53ClN4O7/c38-27-10-4-8-24(19-27)18-25-9-5-11-31(25)49-36(47)41-30(20-23-6-2-1-3-7-23)34(45)40-29(32(43)35(46)39-28-12-13-28)21-26-22-37(42-33(26)44)14-16-48-17-15-37/h4,8,10,19,23,25-26,28-32,43H,1-3,5-7,9,11-18,20-22H2,(H,39,46)(H,40,45)(H,41,47)(H,42,44)/t25?,26?,29?,30-,31?,32?/m0/s1. The van der Waals surface area contributed by atoms with Crippen molar-refractivity contribution in [1.29, 1.82) is 0 Å². The third-order valence-electron chi connectivity index (χ3n) is 11.4. The normalized spacial score (nSPS) is 27.1. The van der Waals surface area contributed by atoms with Crippen molar-refractivity contribution < 1.29 is 33.8 Å². The maximum atomic E-state index is 14.1. The molecule has 3 saturated carbocycles. The van der Waals surface area contributed by atoms with Gasteiger partial charge < -0.3 is 35.8 Å². The molecule has 1 aromatic carbocycles. The van der Waals surface area contributed by atoms with Crippen molar-refractivity contribution in [2.75, 3.05) is 13.2 Å². The molecule has 270 valence electrons. The van der Waals surface area contributed by atoms with Gasteiger partial charge in [0.25, 0.3) is 5.91 Å². The summed E-state index contributed by atoms with van der Waals surface area (Å²) in [6.07, 6.45) is 10.3. The second kappa shape index (κ2) is 16.4. The Kier molecular flexibility index (Phi) is 12.0. The number of benzene rings is 1. The second-order valence-electron chi connectivity index (χ2n) is 15.3. The third-order valence-corrected chi connectivity index (χ3v) is 11.7. The van der Waals surface area contributed by atoms with E-state index in [1.165, 1.54) is 0 Å². The number of hydrogen-bond acceptors (Lipinski definition) is 7.